The predicted octanol–water partition coefficient (Wildman–Crippen LogP) is 0.817. The Labute approximate surface area is 87.3 Å². The lowest BCUT2D eigenvalue weighted by atomic mass is 10.0. The van der Waals surface area contributed by atoms with Crippen molar-refractivity contribution >= 4 is 0 Å². The van der Waals surface area contributed by atoms with Crippen molar-refractivity contribution in [3.8, 4) is 0 Å². The number of nitrogens with two attached hydrogens (primary N) is 1. The van der Waals surface area contributed by atoms with Gasteiger partial charge >= 0.3 is 0 Å². The van der Waals surface area contributed by atoms with Gasteiger partial charge in [-0.1, -0.05) is 0 Å². The summed E-state index contributed by atoms with van der Waals surface area (Å²) in [6, 6.07) is 0.656. The standard InChI is InChI=1S/C11H24N2O/c1-9(10-4-5-10)13(3)7-6-11(2,14)8-12/h9-10,14H,4-8,12H2,1-3H3. The Morgan fingerprint density at radius 1 is 1.57 bits per heavy atom. The van der Waals surface area contributed by atoms with Crippen LogP contribution in [0.2, 0.25) is 0 Å². The van der Waals surface area contributed by atoms with Crippen molar-refractivity contribution in [2.45, 2.75) is 44.8 Å². The van der Waals surface area contributed by atoms with E-state index in [9.17, 15) is 5.11 Å². The fraction of sp³-hybridized carbons (Fsp3) is 1.00. The molecule has 3 nitrogen and oxygen atoms in total. The van der Waals surface area contributed by atoms with Crippen molar-refractivity contribution in [1.29, 1.82) is 0 Å². The molecular formula is C11H24N2O. The molecule has 2 atom stereocenters. The molecule has 1 saturated carbocycles. The molecule has 2 unspecified atom stereocenters. The highest BCUT2D eigenvalue weighted by molar-refractivity contribution is 4.85. The van der Waals surface area contributed by atoms with Gasteiger partial charge in [0.05, 0.1) is 5.60 Å². The average Bonchev–Trinajstić information content (AvgIpc) is 2.96. The quantitative estimate of drug-likeness (QED) is 0.667. The maximum Gasteiger partial charge on any atom is 0.0753 e. The molecule has 0 bridgehead atoms. The van der Waals surface area contributed by atoms with Gasteiger partial charge in [0.15, 0.2) is 0 Å². The lowest BCUT2D eigenvalue weighted by molar-refractivity contribution is 0.0455. The van der Waals surface area contributed by atoms with E-state index in [0.717, 1.165) is 18.9 Å². The fourth-order valence-corrected chi connectivity index (χ4v) is 1.66. The van der Waals surface area contributed by atoms with Crippen molar-refractivity contribution in [2.75, 3.05) is 20.1 Å². The van der Waals surface area contributed by atoms with Gasteiger partial charge in [0.25, 0.3) is 0 Å². The number of nitrogens with zero attached hydrogens (tertiary/aromatic N) is 1. The summed E-state index contributed by atoms with van der Waals surface area (Å²) in [5.41, 5.74) is 4.78. The third-order valence-corrected chi connectivity index (χ3v) is 3.44. The van der Waals surface area contributed by atoms with E-state index in [4.69, 9.17) is 5.73 Å². The van der Waals surface area contributed by atoms with Crippen LogP contribution in [0, 0.1) is 5.92 Å². The average molecular weight is 200 g/mol. The summed E-state index contributed by atoms with van der Waals surface area (Å²) in [5.74, 6) is 0.892. The van der Waals surface area contributed by atoms with Gasteiger partial charge in [0.1, 0.15) is 0 Å². The van der Waals surface area contributed by atoms with Gasteiger partial charge in [0.2, 0.25) is 0 Å². The van der Waals surface area contributed by atoms with E-state index in [1.54, 1.807) is 0 Å². The van der Waals surface area contributed by atoms with Crippen molar-refractivity contribution in [3.05, 3.63) is 0 Å². The van der Waals surface area contributed by atoms with Crippen molar-refractivity contribution in [3.63, 3.8) is 0 Å². The lowest BCUT2D eigenvalue weighted by Gasteiger charge is -2.28. The summed E-state index contributed by atoms with van der Waals surface area (Å²) in [5, 5.41) is 9.76. The van der Waals surface area contributed by atoms with Crippen LogP contribution in [0.4, 0.5) is 0 Å². The van der Waals surface area contributed by atoms with Crippen LogP contribution >= 0.6 is 0 Å². The second-order valence-corrected chi connectivity index (χ2v) is 5.01. The normalized spacial score (nSPS) is 23.6. The molecule has 3 N–H and O–H groups in total. The maximum absolute atomic E-state index is 9.76. The van der Waals surface area contributed by atoms with Crippen LogP contribution in [-0.4, -0.2) is 41.8 Å². The lowest BCUT2D eigenvalue weighted by Crippen LogP contribution is -2.40. The summed E-state index contributed by atoms with van der Waals surface area (Å²) >= 11 is 0. The predicted molar refractivity (Wildman–Crippen MR) is 59.1 cm³/mol. The second-order valence-electron chi connectivity index (χ2n) is 5.01. The molecule has 0 heterocycles. The Morgan fingerprint density at radius 3 is 2.57 bits per heavy atom. The highest BCUT2D eigenvalue weighted by Crippen LogP contribution is 2.34. The molecule has 1 aliphatic rings. The molecular weight excluding hydrogens is 176 g/mol. The van der Waals surface area contributed by atoms with Crippen LogP contribution < -0.4 is 5.73 Å². The minimum Gasteiger partial charge on any atom is -0.389 e. The van der Waals surface area contributed by atoms with Crippen molar-refractivity contribution in [1.82, 2.24) is 4.90 Å². The summed E-state index contributed by atoms with van der Waals surface area (Å²) in [6.45, 7) is 5.36. The molecule has 0 amide bonds. The molecule has 1 fully saturated rings. The van der Waals surface area contributed by atoms with Gasteiger partial charge in [-0.15, -0.1) is 0 Å². The zero-order chi connectivity index (χ0) is 10.8. The molecule has 0 aromatic carbocycles. The van der Waals surface area contributed by atoms with Gasteiger partial charge in [0, 0.05) is 19.1 Å². The Bertz CT molecular complexity index is 178. The van der Waals surface area contributed by atoms with Crippen molar-refractivity contribution < 1.29 is 5.11 Å². The number of hydrogen-bond donors (Lipinski definition) is 2. The van der Waals surface area contributed by atoms with Crippen LogP contribution in [0.1, 0.15) is 33.1 Å². The van der Waals surface area contributed by atoms with Crippen LogP contribution in [0.5, 0.6) is 0 Å². The molecule has 0 saturated heterocycles. The third kappa shape index (κ3) is 3.56. The zero-order valence-electron chi connectivity index (χ0n) is 9.66. The van der Waals surface area contributed by atoms with Crippen molar-refractivity contribution in [2.24, 2.45) is 11.7 Å². The van der Waals surface area contributed by atoms with Gasteiger partial charge in [-0.25, -0.2) is 0 Å². The largest absolute Gasteiger partial charge is 0.389 e. The smallest absolute Gasteiger partial charge is 0.0753 e. The highest BCUT2D eigenvalue weighted by Gasteiger charge is 2.31. The van der Waals surface area contributed by atoms with Gasteiger partial charge in [-0.2, -0.15) is 0 Å². The molecule has 3 heteroatoms. The number of rotatable bonds is 6. The third-order valence-electron chi connectivity index (χ3n) is 3.44. The van der Waals surface area contributed by atoms with Gasteiger partial charge in [-0.3, -0.25) is 0 Å². The van der Waals surface area contributed by atoms with Gasteiger partial charge in [-0.05, 0) is 46.1 Å². The molecule has 0 aromatic heterocycles. The molecule has 0 radical (unpaired) electrons. The van der Waals surface area contributed by atoms with E-state index in [1.807, 2.05) is 6.92 Å². The maximum atomic E-state index is 9.76. The van der Waals surface area contributed by atoms with E-state index in [2.05, 4.69) is 18.9 Å². The minimum absolute atomic E-state index is 0.346. The Balaban J connectivity index is 2.22. The van der Waals surface area contributed by atoms with E-state index in [0.29, 0.717) is 12.6 Å². The first-order chi connectivity index (χ1) is 6.46. The first kappa shape index (κ1) is 12.0. The SMILES string of the molecule is CC(C1CC1)N(C)CCC(C)(O)CN. The molecule has 1 rings (SSSR count). The second kappa shape index (κ2) is 4.60. The van der Waals surface area contributed by atoms with Crippen LogP contribution in [0.15, 0.2) is 0 Å². The number of aliphatic hydroxyl groups is 1. The molecule has 14 heavy (non-hydrogen) atoms. The van der Waals surface area contributed by atoms with Crippen LogP contribution in [0.3, 0.4) is 0 Å². The van der Waals surface area contributed by atoms with Crippen LogP contribution in [0.25, 0.3) is 0 Å². The monoisotopic (exact) mass is 200 g/mol. The Kier molecular flexibility index (Phi) is 3.93. The first-order valence-corrected chi connectivity index (χ1v) is 5.59. The van der Waals surface area contributed by atoms with E-state index >= 15 is 0 Å². The molecule has 1 aliphatic carbocycles. The van der Waals surface area contributed by atoms with E-state index < -0.39 is 5.60 Å². The summed E-state index contributed by atoms with van der Waals surface area (Å²) in [6.07, 6.45) is 3.51. The first-order valence-electron chi connectivity index (χ1n) is 5.59. The molecule has 84 valence electrons. The number of hydrogen-bond acceptors (Lipinski definition) is 3. The minimum atomic E-state index is -0.697. The highest BCUT2D eigenvalue weighted by atomic mass is 16.3. The zero-order valence-corrected chi connectivity index (χ0v) is 9.66. The summed E-state index contributed by atoms with van der Waals surface area (Å²) in [4.78, 5) is 2.34. The van der Waals surface area contributed by atoms with E-state index in [-0.39, 0.29) is 0 Å². The Morgan fingerprint density at radius 2 is 2.14 bits per heavy atom. The Hall–Kier alpha value is -0.120. The topological polar surface area (TPSA) is 49.5 Å². The molecule has 0 aliphatic heterocycles. The fourth-order valence-electron chi connectivity index (χ4n) is 1.66. The molecule has 0 spiro atoms. The van der Waals surface area contributed by atoms with E-state index in [1.165, 1.54) is 12.8 Å². The summed E-state index contributed by atoms with van der Waals surface area (Å²) in [7, 11) is 2.13. The molecule has 0 aromatic rings. The van der Waals surface area contributed by atoms with Gasteiger partial charge < -0.3 is 15.7 Å². The van der Waals surface area contributed by atoms with Crippen LogP contribution in [-0.2, 0) is 0 Å². The summed E-state index contributed by atoms with van der Waals surface area (Å²) < 4.78 is 0.